The molecule has 0 atom stereocenters. The summed E-state index contributed by atoms with van der Waals surface area (Å²) in [6.07, 6.45) is 7.58. The summed E-state index contributed by atoms with van der Waals surface area (Å²) in [5.41, 5.74) is 2.65. The first-order valence-electron chi connectivity index (χ1n) is 5.04. The zero-order chi connectivity index (χ0) is 10.3. The van der Waals surface area contributed by atoms with Crippen LogP contribution in [-0.2, 0) is 0 Å². The molecule has 0 amide bonds. The molecule has 0 saturated heterocycles. The Kier molecular flexibility index (Phi) is 6.21. The van der Waals surface area contributed by atoms with Gasteiger partial charge >= 0.3 is 0 Å². The van der Waals surface area contributed by atoms with E-state index in [1.165, 1.54) is 17.8 Å². The summed E-state index contributed by atoms with van der Waals surface area (Å²) in [6, 6.07) is 0. The molecular weight excluding hydrogens is 158 g/mol. The van der Waals surface area contributed by atoms with Crippen molar-refractivity contribution in [3.63, 3.8) is 0 Å². The van der Waals surface area contributed by atoms with Crippen molar-refractivity contribution in [2.45, 2.75) is 41.0 Å². The lowest BCUT2D eigenvalue weighted by Crippen LogP contribution is -2.17. The molecule has 0 radical (unpaired) electrons. The molecule has 0 rings (SSSR count). The van der Waals surface area contributed by atoms with Crippen LogP contribution >= 0.6 is 0 Å². The van der Waals surface area contributed by atoms with Gasteiger partial charge in [-0.3, -0.25) is 0 Å². The lowest BCUT2D eigenvalue weighted by molar-refractivity contribution is -0.476. The lowest BCUT2D eigenvalue weighted by atomic mass is 10.3. The van der Waals surface area contributed by atoms with Crippen LogP contribution in [0.25, 0.3) is 0 Å². The maximum absolute atomic E-state index is 2.35. The molecule has 0 aromatic heterocycles. The number of allylic oxidation sites excluding steroid dienone is 4. The predicted octanol–water partition coefficient (Wildman–Crippen LogP) is 3.37. The molecule has 0 aromatic carbocycles. The molecule has 1 heteroatoms. The molecule has 0 spiro atoms. The van der Waals surface area contributed by atoms with Gasteiger partial charge in [-0.1, -0.05) is 13.0 Å². The van der Waals surface area contributed by atoms with Crippen LogP contribution in [0, 0.1) is 0 Å². The number of nitrogens with zero attached hydrogens (tertiary/aromatic N) is 1. The van der Waals surface area contributed by atoms with E-state index in [9.17, 15) is 0 Å². The molecule has 0 bridgehead atoms. The van der Waals surface area contributed by atoms with Gasteiger partial charge in [0.05, 0.1) is 0 Å². The van der Waals surface area contributed by atoms with Gasteiger partial charge in [0.1, 0.15) is 6.54 Å². The molecule has 0 aliphatic carbocycles. The van der Waals surface area contributed by atoms with Crippen LogP contribution in [0.3, 0.4) is 0 Å². The number of hydrogen-bond donors (Lipinski definition) is 0. The molecule has 1 nitrogen and oxygen atoms in total. The van der Waals surface area contributed by atoms with E-state index >= 15 is 0 Å². The summed E-state index contributed by atoms with van der Waals surface area (Å²) in [7, 11) is 0. The SMILES string of the molecule is C\C=C(C)/[N+](CCC)=C(C)\C=C\C. The van der Waals surface area contributed by atoms with Gasteiger partial charge in [0, 0.05) is 26.3 Å². The van der Waals surface area contributed by atoms with E-state index < -0.39 is 0 Å². The van der Waals surface area contributed by atoms with Crippen LogP contribution in [0.5, 0.6) is 0 Å². The van der Waals surface area contributed by atoms with Crippen molar-refractivity contribution in [2.24, 2.45) is 0 Å². The Bertz CT molecular complexity index is 232. The predicted molar refractivity (Wildman–Crippen MR) is 60.3 cm³/mol. The maximum Gasteiger partial charge on any atom is 0.178 e. The minimum atomic E-state index is 1.10. The molecule has 0 aromatic rings. The van der Waals surface area contributed by atoms with Crippen LogP contribution in [0.2, 0.25) is 0 Å². The van der Waals surface area contributed by atoms with Crippen molar-refractivity contribution in [3.05, 3.63) is 23.9 Å². The molecule has 0 unspecified atom stereocenters. The average Bonchev–Trinajstić information content (AvgIpc) is 2.13. The highest BCUT2D eigenvalue weighted by Crippen LogP contribution is 1.99. The van der Waals surface area contributed by atoms with E-state index in [0.29, 0.717) is 0 Å². The van der Waals surface area contributed by atoms with Crippen molar-refractivity contribution < 1.29 is 4.58 Å². The van der Waals surface area contributed by atoms with Crippen LogP contribution in [0.1, 0.15) is 41.0 Å². The van der Waals surface area contributed by atoms with Gasteiger partial charge in [-0.25, -0.2) is 4.58 Å². The highest BCUT2D eigenvalue weighted by molar-refractivity contribution is 5.88. The van der Waals surface area contributed by atoms with E-state index in [0.717, 1.165) is 6.54 Å². The maximum atomic E-state index is 2.35. The van der Waals surface area contributed by atoms with Crippen LogP contribution in [0.15, 0.2) is 23.9 Å². The Labute approximate surface area is 82.5 Å². The number of rotatable bonds is 4. The van der Waals surface area contributed by atoms with E-state index in [1.54, 1.807) is 0 Å². The zero-order valence-corrected chi connectivity index (χ0v) is 9.59. The summed E-state index contributed by atoms with van der Waals surface area (Å²) in [5.74, 6) is 0. The average molecular weight is 180 g/mol. The largest absolute Gasteiger partial charge is 0.201 e. The Hall–Kier alpha value is -0.850. The molecule has 0 fully saturated rings. The second-order valence-corrected chi connectivity index (χ2v) is 3.22. The van der Waals surface area contributed by atoms with Gasteiger partial charge in [0.15, 0.2) is 11.4 Å². The second-order valence-electron chi connectivity index (χ2n) is 3.22. The van der Waals surface area contributed by atoms with Crippen LogP contribution < -0.4 is 0 Å². The van der Waals surface area contributed by atoms with Gasteiger partial charge in [-0.15, -0.1) is 0 Å². The van der Waals surface area contributed by atoms with E-state index in [-0.39, 0.29) is 0 Å². The van der Waals surface area contributed by atoms with E-state index in [4.69, 9.17) is 0 Å². The quantitative estimate of drug-likeness (QED) is 0.461. The fraction of sp³-hybridized carbons (Fsp3) is 0.583. The van der Waals surface area contributed by atoms with Gasteiger partial charge < -0.3 is 0 Å². The fourth-order valence-electron chi connectivity index (χ4n) is 1.34. The third kappa shape index (κ3) is 4.07. The van der Waals surface area contributed by atoms with E-state index in [2.05, 4.69) is 57.4 Å². The third-order valence-corrected chi connectivity index (χ3v) is 2.12. The summed E-state index contributed by atoms with van der Waals surface area (Å²) >= 11 is 0. The van der Waals surface area contributed by atoms with Crippen molar-refractivity contribution >= 4 is 5.71 Å². The zero-order valence-electron chi connectivity index (χ0n) is 9.59. The summed E-state index contributed by atoms with van der Waals surface area (Å²) in [5, 5.41) is 0. The molecular formula is C12H22N+. The normalized spacial score (nSPS) is 15.0. The Balaban J connectivity index is 4.87. The standard InChI is InChI=1S/C12H22N/c1-6-9-12(5)13(10-7-2)11(4)8-3/h6,8-9H,7,10H2,1-5H3/q+1/b9-6+,11-8-,13-12-. The molecule has 0 heterocycles. The van der Waals surface area contributed by atoms with Crippen molar-refractivity contribution in [3.8, 4) is 0 Å². The van der Waals surface area contributed by atoms with Crippen molar-refractivity contribution in [2.75, 3.05) is 6.54 Å². The highest BCUT2D eigenvalue weighted by Gasteiger charge is 2.08. The molecule has 0 N–H and O–H groups in total. The van der Waals surface area contributed by atoms with Gasteiger partial charge in [0.25, 0.3) is 0 Å². The smallest absolute Gasteiger partial charge is 0.178 e. The Morgan fingerprint density at radius 2 is 1.85 bits per heavy atom. The lowest BCUT2D eigenvalue weighted by Gasteiger charge is -2.03. The first-order valence-corrected chi connectivity index (χ1v) is 5.04. The number of hydrogen-bond acceptors (Lipinski definition) is 0. The minimum absolute atomic E-state index is 1.10. The molecule has 0 saturated carbocycles. The Morgan fingerprint density at radius 3 is 2.23 bits per heavy atom. The summed E-state index contributed by atoms with van der Waals surface area (Å²) in [4.78, 5) is 0. The summed E-state index contributed by atoms with van der Waals surface area (Å²) in [6.45, 7) is 11.8. The van der Waals surface area contributed by atoms with Gasteiger partial charge in [-0.2, -0.15) is 0 Å². The first kappa shape index (κ1) is 12.2. The van der Waals surface area contributed by atoms with Crippen molar-refractivity contribution in [1.82, 2.24) is 0 Å². The monoisotopic (exact) mass is 180 g/mol. The third-order valence-electron chi connectivity index (χ3n) is 2.12. The van der Waals surface area contributed by atoms with Gasteiger partial charge in [0.2, 0.25) is 0 Å². The molecule has 0 aliphatic rings. The second kappa shape index (κ2) is 6.64. The minimum Gasteiger partial charge on any atom is -0.201 e. The van der Waals surface area contributed by atoms with Crippen molar-refractivity contribution in [1.29, 1.82) is 0 Å². The molecule has 13 heavy (non-hydrogen) atoms. The molecule has 74 valence electrons. The Morgan fingerprint density at radius 1 is 1.23 bits per heavy atom. The highest BCUT2D eigenvalue weighted by atomic mass is 15.0. The molecule has 0 aliphatic heterocycles. The topological polar surface area (TPSA) is 3.01 Å². The van der Waals surface area contributed by atoms with Crippen LogP contribution in [0.4, 0.5) is 0 Å². The first-order chi connectivity index (χ1) is 6.17. The van der Waals surface area contributed by atoms with Gasteiger partial charge in [-0.05, 0) is 19.9 Å². The summed E-state index contributed by atoms with van der Waals surface area (Å²) < 4.78 is 2.35. The fourth-order valence-corrected chi connectivity index (χ4v) is 1.34. The van der Waals surface area contributed by atoms with E-state index in [1.807, 2.05) is 0 Å². The van der Waals surface area contributed by atoms with Crippen LogP contribution in [-0.4, -0.2) is 16.8 Å².